The highest BCUT2D eigenvalue weighted by Crippen LogP contribution is 2.33. The number of carbonyl (C=O) groups excluding carboxylic acids is 1. The van der Waals surface area contributed by atoms with Crippen LogP contribution in [0, 0.1) is 0 Å². The number of amides is 1. The van der Waals surface area contributed by atoms with E-state index in [1.165, 1.54) is 11.3 Å². The zero-order valence-corrected chi connectivity index (χ0v) is 18.1. The monoisotopic (exact) mass is 429 g/mol. The number of carbonyl (C=O) groups is 1. The SMILES string of the molecule is C=C(C)c1cccc(Nc2ncc3ccc4sc(C(=O)N5CCC(N)C5)cc4c3n2)c1. The molecule has 1 saturated heterocycles. The molecule has 2 aromatic heterocycles. The van der Waals surface area contributed by atoms with Crippen molar-refractivity contribution in [3.05, 3.63) is 65.7 Å². The molecule has 0 spiro atoms. The van der Waals surface area contributed by atoms with Crippen molar-refractivity contribution in [3.8, 4) is 0 Å². The molecule has 0 aliphatic carbocycles. The third kappa shape index (κ3) is 3.78. The summed E-state index contributed by atoms with van der Waals surface area (Å²) in [5.41, 5.74) is 9.78. The van der Waals surface area contributed by atoms with Gasteiger partial charge in [0.05, 0.1) is 10.4 Å². The topological polar surface area (TPSA) is 84.1 Å². The summed E-state index contributed by atoms with van der Waals surface area (Å²) in [7, 11) is 0. The third-order valence-corrected chi connectivity index (χ3v) is 6.67. The fraction of sp³-hybridized carbons (Fsp3) is 0.208. The van der Waals surface area contributed by atoms with E-state index in [-0.39, 0.29) is 11.9 Å². The van der Waals surface area contributed by atoms with Gasteiger partial charge < -0.3 is 16.0 Å². The van der Waals surface area contributed by atoms with Crippen molar-refractivity contribution < 1.29 is 4.79 Å². The van der Waals surface area contributed by atoms with Crippen molar-refractivity contribution in [3.63, 3.8) is 0 Å². The minimum absolute atomic E-state index is 0.0475. The number of hydrogen-bond acceptors (Lipinski definition) is 6. The molecule has 156 valence electrons. The van der Waals surface area contributed by atoms with Crippen molar-refractivity contribution in [1.29, 1.82) is 0 Å². The molecular formula is C24H23N5OS. The number of thiophene rings is 1. The van der Waals surface area contributed by atoms with Crippen molar-refractivity contribution >= 4 is 55.4 Å². The first-order valence-electron chi connectivity index (χ1n) is 10.2. The van der Waals surface area contributed by atoms with Gasteiger partial charge in [-0.3, -0.25) is 4.79 Å². The van der Waals surface area contributed by atoms with Gasteiger partial charge in [-0.05, 0) is 49.2 Å². The normalized spacial score (nSPS) is 16.2. The molecule has 3 N–H and O–H groups in total. The largest absolute Gasteiger partial charge is 0.336 e. The summed E-state index contributed by atoms with van der Waals surface area (Å²) in [6.07, 6.45) is 2.67. The van der Waals surface area contributed by atoms with E-state index in [2.05, 4.69) is 16.9 Å². The predicted octanol–water partition coefficient (Wildman–Crippen LogP) is 4.79. The number of aromatic nitrogens is 2. The molecule has 1 atom stereocenters. The molecule has 1 unspecified atom stereocenters. The lowest BCUT2D eigenvalue weighted by Crippen LogP contribution is -2.31. The molecule has 4 aromatic rings. The van der Waals surface area contributed by atoms with Crippen LogP contribution < -0.4 is 11.1 Å². The first-order valence-corrected chi connectivity index (χ1v) is 11.1. The van der Waals surface area contributed by atoms with E-state index in [0.29, 0.717) is 19.0 Å². The molecule has 3 heterocycles. The molecule has 6 nitrogen and oxygen atoms in total. The maximum absolute atomic E-state index is 12.9. The summed E-state index contributed by atoms with van der Waals surface area (Å²) in [6.45, 7) is 7.32. The van der Waals surface area contributed by atoms with E-state index in [4.69, 9.17) is 10.7 Å². The summed E-state index contributed by atoms with van der Waals surface area (Å²) >= 11 is 1.50. The van der Waals surface area contributed by atoms with Crippen LogP contribution in [0.2, 0.25) is 0 Å². The van der Waals surface area contributed by atoms with Gasteiger partial charge in [0.2, 0.25) is 5.95 Å². The Bertz CT molecular complexity index is 1330. The number of hydrogen-bond donors (Lipinski definition) is 2. The number of fused-ring (bicyclic) bond motifs is 3. The van der Waals surface area contributed by atoms with Gasteiger partial charge in [0, 0.05) is 46.5 Å². The summed E-state index contributed by atoms with van der Waals surface area (Å²) in [5, 5.41) is 5.19. The van der Waals surface area contributed by atoms with Crippen molar-refractivity contribution in [1.82, 2.24) is 14.9 Å². The lowest BCUT2D eigenvalue weighted by Gasteiger charge is -2.13. The van der Waals surface area contributed by atoms with Crippen LogP contribution in [-0.4, -0.2) is 39.9 Å². The van der Waals surface area contributed by atoms with Crippen LogP contribution in [0.4, 0.5) is 11.6 Å². The second kappa shape index (κ2) is 7.76. The Kier molecular flexibility index (Phi) is 4.92. The number of anilines is 2. The zero-order chi connectivity index (χ0) is 21.5. The van der Waals surface area contributed by atoms with Gasteiger partial charge in [0.1, 0.15) is 0 Å². The fourth-order valence-corrected chi connectivity index (χ4v) is 4.92. The number of nitrogens with two attached hydrogens (primary N) is 1. The van der Waals surface area contributed by atoms with Crippen LogP contribution in [-0.2, 0) is 0 Å². The van der Waals surface area contributed by atoms with E-state index >= 15 is 0 Å². The lowest BCUT2D eigenvalue weighted by atomic mass is 10.1. The Morgan fingerprint density at radius 3 is 2.94 bits per heavy atom. The number of likely N-dealkylation sites (tertiary alicyclic amines) is 1. The average Bonchev–Trinajstić information content (AvgIpc) is 3.40. The maximum atomic E-state index is 12.9. The molecular weight excluding hydrogens is 406 g/mol. The standard InChI is InChI=1S/C24H23N5OS/c1-14(2)15-4-3-5-18(10-15)27-24-26-12-16-6-7-20-19(22(16)28-24)11-21(31-20)23(30)29-9-8-17(25)13-29/h3-7,10-12,17H,1,8-9,13,25H2,2H3,(H,26,27,28). The number of benzene rings is 2. The number of rotatable bonds is 4. The summed E-state index contributed by atoms with van der Waals surface area (Å²) < 4.78 is 1.04. The highest BCUT2D eigenvalue weighted by atomic mass is 32.1. The minimum Gasteiger partial charge on any atom is -0.336 e. The molecule has 1 aliphatic heterocycles. The van der Waals surface area contributed by atoms with Crippen LogP contribution >= 0.6 is 11.3 Å². The first kappa shape index (κ1) is 19.7. The average molecular weight is 430 g/mol. The molecule has 0 radical (unpaired) electrons. The van der Waals surface area contributed by atoms with Gasteiger partial charge >= 0.3 is 0 Å². The van der Waals surface area contributed by atoms with E-state index in [1.807, 2.05) is 60.5 Å². The van der Waals surface area contributed by atoms with Gasteiger partial charge in [-0.25, -0.2) is 9.97 Å². The van der Waals surface area contributed by atoms with Gasteiger partial charge in [0.25, 0.3) is 5.91 Å². The molecule has 31 heavy (non-hydrogen) atoms. The van der Waals surface area contributed by atoms with E-state index in [1.54, 1.807) is 0 Å². The molecule has 0 bridgehead atoms. The Morgan fingerprint density at radius 1 is 1.29 bits per heavy atom. The number of allylic oxidation sites excluding steroid dienone is 1. The highest BCUT2D eigenvalue weighted by Gasteiger charge is 2.26. The Morgan fingerprint density at radius 2 is 2.16 bits per heavy atom. The second-order valence-electron chi connectivity index (χ2n) is 8.01. The number of nitrogens with zero attached hydrogens (tertiary/aromatic N) is 3. The quantitative estimate of drug-likeness (QED) is 0.487. The van der Waals surface area contributed by atoms with Crippen LogP contribution in [0.1, 0.15) is 28.6 Å². The van der Waals surface area contributed by atoms with E-state index in [9.17, 15) is 4.79 Å². The summed E-state index contributed by atoms with van der Waals surface area (Å²) in [5.74, 6) is 0.565. The molecule has 1 fully saturated rings. The Balaban J connectivity index is 1.50. The molecule has 7 heteroatoms. The Labute approximate surface area is 184 Å². The van der Waals surface area contributed by atoms with Gasteiger partial charge in [-0.15, -0.1) is 11.3 Å². The van der Waals surface area contributed by atoms with E-state index in [0.717, 1.165) is 49.1 Å². The van der Waals surface area contributed by atoms with Crippen LogP contribution in [0.25, 0.3) is 26.6 Å². The molecule has 0 saturated carbocycles. The predicted molar refractivity (Wildman–Crippen MR) is 128 cm³/mol. The molecule has 2 aromatic carbocycles. The first-order chi connectivity index (χ1) is 15.0. The highest BCUT2D eigenvalue weighted by molar-refractivity contribution is 7.21. The van der Waals surface area contributed by atoms with Crippen molar-refractivity contribution in [2.75, 3.05) is 18.4 Å². The van der Waals surface area contributed by atoms with Crippen LogP contribution in [0.15, 0.2) is 55.2 Å². The second-order valence-corrected chi connectivity index (χ2v) is 9.09. The maximum Gasteiger partial charge on any atom is 0.264 e. The van der Waals surface area contributed by atoms with Gasteiger partial charge in [0.15, 0.2) is 0 Å². The number of nitrogens with one attached hydrogen (secondary N) is 1. The molecule has 1 aliphatic rings. The fourth-order valence-electron chi connectivity index (χ4n) is 3.89. The smallest absolute Gasteiger partial charge is 0.264 e. The van der Waals surface area contributed by atoms with Crippen molar-refractivity contribution in [2.24, 2.45) is 5.73 Å². The minimum atomic E-state index is 0.0475. The summed E-state index contributed by atoms with van der Waals surface area (Å²) in [4.78, 5) is 24.7. The lowest BCUT2D eigenvalue weighted by molar-refractivity contribution is 0.0795. The van der Waals surface area contributed by atoms with Gasteiger partial charge in [-0.2, -0.15) is 0 Å². The Hall–Kier alpha value is -3.29. The summed E-state index contributed by atoms with van der Waals surface area (Å²) in [6, 6.07) is 14.1. The van der Waals surface area contributed by atoms with E-state index < -0.39 is 0 Å². The van der Waals surface area contributed by atoms with Crippen LogP contribution in [0.3, 0.4) is 0 Å². The third-order valence-electron chi connectivity index (χ3n) is 5.58. The van der Waals surface area contributed by atoms with Gasteiger partial charge in [-0.1, -0.05) is 24.3 Å². The van der Waals surface area contributed by atoms with Crippen LogP contribution in [0.5, 0.6) is 0 Å². The zero-order valence-electron chi connectivity index (χ0n) is 17.3. The molecule has 5 rings (SSSR count). The van der Waals surface area contributed by atoms with Crippen molar-refractivity contribution in [2.45, 2.75) is 19.4 Å². The molecule has 1 amide bonds.